The van der Waals surface area contributed by atoms with E-state index >= 15 is 0 Å². The predicted molar refractivity (Wildman–Crippen MR) is 96.6 cm³/mol. The van der Waals surface area contributed by atoms with Gasteiger partial charge in [0, 0.05) is 17.5 Å². The van der Waals surface area contributed by atoms with Crippen molar-refractivity contribution in [1.82, 2.24) is 4.98 Å². The number of nitriles is 1. The minimum atomic E-state index is -0.273. The number of nitrogens with one attached hydrogen (secondary N) is 1. The van der Waals surface area contributed by atoms with Crippen LogP contribution in [0.3, 0.4) is 0 Å². The van der Waals surface area contributed by atoms with E-state index in [1.807, 2.05) is 24.3 Å². The second-order valence-corrected chi connectivity index (χ2v) is 6.38. The number of carbonyl (C=O) groups excluding carboxylic acids is 1. The average molecular weight is 349 g/mol. The number of thiazole rings is 1. The van der Waals surface area contributed by atoms with E-state index in [0.717, 1.165) is 11.3 Å². The average Bonchev–Trinajstić information content (AvgIpc) is 3.08. The Balaban J connectivity index is 1.50. The maximum atomic E-state index is 12.0. The first-order chi connectivity index (χ1) is 12.2. The third-order valence-corrected chi connectivity index (χ3v) is 4.29. The van der Waals surface area contributed by atoms with Gasteiger partial charge >= 0.3 is 0 Å². The van der Waals surface area contributed by atoms with Crippen molar-refractivity contribution in [3.8, 4) is 11.8 Å². The fourth-order valence-corrected chi connectivity index (χ4v) is 3.04. The first-order valence-electron chi connectivity index (χ1n) is 7.64. The van der Waals surface area contributed by atoms with Crippen LogP contribution in [-0.4, -0.2) is 17.5 Å². The summed E-state index contributed by atoms with van der Waals surface area (Å²) in [5.41, 5.74) is 1.75. The van der Waals surface area contributed by atoms with Crippen molar-refractivity contribution in [2.45, 2.75) is 6.42 Å². The van der Waals surface area contributed by atoms with E-state index in [9.17, 15) is 4.79 Å². The Morgan fingerprint density at radius 2 is 1.92 bits per heavy atom. The molecule has 0 aliphatic heterocycles. The highest BCUT2D eigenvalue weighted by molar-refractivity contribution is 7.15. The molecule has 0 atom stereocenters. The van der Waals surface area contributed by atoms with E-state index in [-0.39, 0.29) is 12.5 Å². The molecule has 0 fully saturated rings. The molecule has 3 aromatic rings. The van der Waals surface area contributed by atoms with Crippen LogP contribution in [0.25, 0.3) is 0 Å². The van der Waals surface area contributed by atoms with Gasteiger partial charge in [0.15, 0.2) is 11.7 Å². The molecule has 1 amide bonds. The van der Waals surface area contributed by atoms with Gasteiger partial charge in [-0.25, -0.2) is 4.98 Å². The van der Waals surface area contributed by atoms with Crippen molar-refractivity contribution < 1.29 is 9.53 Å². The molecule has 1 N–H and O–H groups in total. The van der Waals surface area contributed by atoms with Gasteiger partial charge in [0.25, 0.3) is 5.91 Å². The molecule has 5 nitrogen and oxygen atoms in total. The second-order valence-electron chi connectivity index (χ2n) is 5.27. The van der Waals surface area contributed by atoms with Crippen LogP contribution in [0, 0.1) is 11.3 Å². The minimum absolute atomic E-state index is 0.112. The Bertz CT molecular complexity index is 883. The number of hydrogen-bond acceptors (Lipinski definition) is 5. The molecule has 124 valence electrons. The maximum absolute atomic E-state index is 12.0. The molecule has 0 spiro atoms. The molecule has 1 aromatic heterocycles. The standard InChI is InChI=1S/C19H15N3O2S/c20-11-15-6-8-16(9-7-15)24-13-18(23)22-19-21-12-17(25-19)10-14-4-2-1-3-5-14/h1-9,12H,10,13H2,(H,21,22,23). The van der Waals surface area contributed by atoms with Crippen molar-refractivity contribution >= 4 is 22.4 Å². The lowest BCUT2D eigenvalue weighted by Gasteiger charge is -2.05. The molecule has 0 aliphatic carbocycles. The number of nitrogens with zero attached hydrogens (tertiary/aromatic N) is 2. The van der Waals surface area contributed by atoms with Crippen LogP contribution in [0.15, 0.2) is 60.8 Å². The van der Waals surface area contributed by atoms with E-state index in [0.29, 0.717) is 16.4 Å². The molecule has 3 rings (SSSR count). The lowest BCUT2D eigenvalue weighted by Crippen LogP contribution is -2.19. The topological polar surface area (TPSA) is 75.0 Å². The molecule has 0 aliphatic rings. The van der Waals surface area contributed by atoms with Gasteiger partial charge in [-0.1, -0.05) is 30.3 Å². The smallest absolute Gasteiger partial charge is 0.264 e. The molecular formula is C19H15N3O2S. The highest BCUT2D eigenvalue weighted by Crippen LogP contribution is 2.21. The van der Waals surface area contributed by atoms with Crippen molar-refractivity contribution in [3.05, 3.63) is 76.8 Å². The lowest BCUT2D eigenvalue weighted by atomic mass is 10.1. The summed E-state index contributed by atoms with van der Waals surface area (Å²) in [5, 5.41) is 12.0. The number of rotatable bonds is 6. The molecule has 1 heterocycles. The van der Waals surface area contributed by atoms with Gasteiger partial charge in [-0.2, -0.15) is 5.26 Å². The third-order valence-electron chi connectivity index (χ3n) is 3.37. The van der Waals surface area contributed by atoms with Crippen LogP contribution >= 0.6 is 11.3 Å². The van der Waals surface area contributed by atoms with Crippen LogP contribution < -0.4 is 10.1 Å². The highest BCUT2D eigenvalue weighted by atomic mass is 32.1. The molecule has 25 heavy (non-hydrogen) atoms. The van der Waals surface area contributed by atoms with Crippen LogP contribution in [0.4, 0.5) is 5.13 Å². The minimum Gasteiger partial charge on any atom is -0.484 e. The summed E-state index contributed by atoms with van der Waals surface area (Å²) in [6, 6.07) is 18.7. The number of carbonyl (C=O) groups is 1. The van der Waals surface area contributed by atoms with Crippen LogP contribution in [0.2, 0.25) is 0 Å². The first kappa shape index (κ1) is 16.7. The van der Waals surface area contributed by atoms with E-state index in [1.165, 1.54) is 16.9 Å². The lowest BCUT2D eigenvalue weighted by molar-refractivity contribution is -0.118. The molecule has 0 saturated carbocycles. The van der Waals surface area contributed by atoms with Gasteiger partial charge < -0.3 is 4.74 Å². The van der Waals surface area contributed by atoms with Crippen LogP contribution in [0.1, 0.15) is 16.0 Å². The number of benzene rings is 2. The molecular weight excluding hydrogens is 334 g/mol. The Kier molecular flexibility index (Phi) is 5.39. The zero-order chi connectivity index (χ0) is 17.5. The van der Waals surface area contributed by atoms with Gasteiger partial charge in [0.05, 0.1) is 11.6 Å². The van der Waals surface area contributed by atoms with Crippen molar-refractivity contribution in [3.63, 3.8) is 0 Å². The number of amides is 1. The SMILES string of the molecule is N#Cc1ccc(OCC(=O)Nc2ncc(Cc3ccccc3)s2)cc1. The van der Waals surface area contributed by atoms with Gasteiger partial charge in [0.2, 0.25) is 0 Å². The van der Waals surface area contributed by atoms with E-state index in [1.54, 1.807) is 30.5 Å². The summed E-state index contributed by atoms with van der Waals surface area (Å²) < 4.78 is 5.40. The molecule has 0 unspecified atom stereocenters. The molecule has 6 heteroatoms. The summed E-state index contributed by atoms with van der Waals surface area (Å²) in [6.07, 6.45) is 2.56. The number of anilines is 1. The van der Waals surface area contributed by atoms with Gasteiger partial charge in [-0.3, -0.25) is 10.1 Å². The van der Waals surface area contributed by atoms with E-state index in [4.69, 9.17) is 10.00 Å². The Morgan fingerprint density at radius 3 is 2.64 bits per heavy atom. The summed E-state index contributed by atoms with van der Waals surface area (Å²) in [7, 11) is 0. The monoisotopic (exact) mass is 349 g/mol. The first-order valence-corrected chi connectivity index (χ1v) is 8.46. The zero-order valence-corrected chi connectivity index (χ0v) is 14.1. The van der Waals surface area contributed by atoms with Gasteiger partial charge in [-0.15, -0.1) is 11.3 Å². The maximum Gasteiger partial charge on any atom is 0.264 e. The van der Waals surface area contributed by atoms with E-state index in [2.05, 4.69) is 22.4 Å². The second kappa shape index (κ2) is 8.08. The largest absolute Gasteiger partial charge is 0.484 e. The number of aromatic nitrogens is 1. The van der Waals surface area contributed by atoms with Gasteiger partial charge in [-0.05, 0) is 29.8 Å². The molecule has 0 saturated heterocycles. The summed E-state index contributed by atoms with van der Waals surface area (Å²) in [4.78, 5) is 17.3. The fourth-order valence-electron chi connectivity index (χ4n) is 2.17. The van der Waals surface area contributed by atoms with Crippen molar-refractivity contribution in [2.75, 3.05) is 11.9 Å². The van der Waals surface area contributed by atoms with Crippen LogP contribution in [-0.2, 0) is 11.2 Å². The Morgan fingerprint density at radius 1 is 1.16 bits per heavy atom. The van der Waals surface area contributed by atoms with Gasteiger partial charge in [0.1, 0.15) is 5.75 Å². The summed E-state index contributed by atoms with van der Waals surface area (Å²) >= 11 is 1.45. The van der Waals surface area contributed by atoms with Crippen molar-refractivity contribution in [2.24, 2.45) is 0 Å². The highest BCUT2D eigenvalue weighted by Gasteiger charge is 2.08. The molecule has 2 aromatic carbocycles. The Labute approximate surface area is 149 Å². The number of hydrogen-bond donors (Lipinski definition) is 1. The summed E-state index contributed by atoms with van der Waals surface area (Å²) in [5.74, 6) is 0.267. The predicted octanol–water partition coefficient (Wildman–Crippen LogP) is 3.62. The quantitative estimate of drug-likeness (QED) is 0.737. The zero-order valence-electron chi connectivity index (χ0n) is 13.3. The van der Waals surface area contributed by atoms with Crippen molar-refractivity contribution in [1.29, 1.82) is 5.26 Å². The molecule has 0 radical (unpaired) electrons. The number of ether oxygens (including phenoxy) is 1. The summed E-state index contributed by atoms with van der Waals surface area (Å²) in [6.45, 7) is -0.112. The molecule has 0 bridgehead atoms. The van der Waals surface area contributed by atoms with Crippen LogP contribution in [0.5, 0.6) is 5.75 Å². The normalized spacial score (nSPS) is 10.0. The Hall–Kier alpha value is -3.17. The third kappa shape index (κ3) is 4.90. The van der Waals surface area contributed by atoms with E-state index < -0.39 is 0 Å². The fraction of sp³-hybridized carbons (Fsp3) is 0.105.